The van der Waals surface area contributed by atoms with Crippen LogP contribution in [0, 0.1) is 0 Å². The van der Waals surface area contributed by atoms with Gasteiger partial charge >= 0.3 is 0 Å². The minimum Gasteiger partial charge on any atom is -0.314 e. The van der Waals surface area contributed by atoms with Gasteiger partial charge in [0.05, 0.1) is 13.1 Å². The van der Waals surface area contributed by atoms with Gasteiger partial charge in [0.2, 0.25) is 5.91 Å². The first-order valence-corrected chi connectivity index (χ1v) is 8.58. The van der Waals surface area contributed by atoms with Gasteiger partial charge in [0.1, 0.15) is 0 Å². The van der Waals surface area contributed by atoms with Crippen molar-refractivity contribution < 1.29 is 4.79 Å². The lowest BCUT2D eigenvalue weighted by molar-refractivity contribution is -0.120. The predicted octanol–water partition coefficient (Wildman–Crippen LogP) is 2.51. The lowest BCUT2D eigenvalue weighted by atomic mass is 10.1. The summed E-state index contributed by atoms with van der Waals surface area (Å²) in [5.74, 6) is 0.152. The van der Waals surface area contributed by atoms with Gasteiger partial charge in [-0.1, -0.05) is 48.5 Å². The van der Waals surface area contributed by atoms with Crippen molar-refractivity contribution in [1.29, 1.82) is 0 Å². The van der Waals surface area contributed by atoms with Crippen LogP contribution in [0.25, 0.3) is 0 Å². The van der Waals surface area contributed by atoms with Crippen LogP contribution in [0.2, 0.25) is 0 Å². The summed E-state index contributed by atoms with van der Waals surface area (Å²) in [6, 6.07) is 20.5. The van der Waals surface area contributed by atoms with E-state index >= 15 is 0 Å². The van der Waals surface area contributed by atoms with Gasteiger partial charge in [-0.05, 0) is 24.6 Å². The van der Waals surface area contributed by atoms with Gasteiger partial charge in [0, 0.05) is 31.4 Å². The second-order valence-corrected chi connectivity index (χ2v) is 6.32. The monoisotopic (exact) mass is 323 g/mol. The van der Waals surface area contributed by atoms with E-state index in [0.717, 1.165) is 30.9 Å². The molecule has 4 heteroatoms. The Morgan fingerprint density at radius 2 is 1.79 bits per heavy atom. The minimum atomic E-state index is 0.152. The number of nitrogens with one attached hydrogen (secondary N) is 1. The van der Waals surface area contributed by atoms with Crippen molar-refractivity contribution in [3.05, 3.63) is 66.2 Å². The molecule has 0 radical (unpaired) electrons. The Kier molecular flexibility index (Phi) is 5.62. The molecule has 0 saturated carbocycles. The van der Waals surface area contributed by atoms with Gasteiger partial charge in [0.25, 0.3) is 0 Å². The van der Waals surface area contributed by atoms with E-state index in [1.165, 1.54) is 0 Å². The smallest absolute Gasteiger partial charge is 0.241 e. The molecule has 1 aliphatic heterocycles. The topological polar surface area (TPSA) is 35.6 Å². The lowest BCUT2D eigenvalue weighted by Crippen LogP contribution is -2.53. The summed E-state index contributed by atoms with van der Waals surface area (Å²) in [6.45, 7) is 6.04. The second-order valence-electron chi connectivity index (χ2n) is 6.32. The summed E-state index contributed by atoms with van der Waals surface area (Å²) in [5.41, 5.74) is 2.09. The van der Waals surface area contributed by atoms with E-state index in [1.54, 1.807) is 0 Å². The standard InChI is InChI=1S/C20H25N3O/c1-17-14-21-12-13-22(17)16-20(24)23(19-10-6-3-7-11-19)15-18-8-4-2-5-9-18/h2-11,17,21H,12-16H2,1H3/t17-/m1/s1. The molecular weight excluding hydrogens is 298 g/mol. The molecule has 24 heavy (non-hydrogen) atoms. The van der Waals surface area contributed by atoms with Gasteiger partial charge in [-0.3, -0.25) is 9.69 Å². The Hall–Kier alpha value is -2.17. The summed E-state index contributed by atoms with van der Waals surface area (Å²) in [5, 5.41) is 3.37. The first kappa shape index (κ1) is 16.7. The third kappa shape index (κ3) is 4.22. The van der Waals surface area contributed by atoms with Crippen LogP contribution in [0.1, 0.15) is 12.5 Å². The zero-order valence-electron chi connectivity index (χ0n) is 14.2. The number of rotatable bonds is 5. The highest BCUT2D eigenvalue weighted by molar-refractivity contribution is 5.94. The Morgan fingerprint density at radius 1 is 1.12 bits per heavy atom. The lowest BCUT2D eigenvalue weighted by Gasteiger charge is -2.35. The highest BCUT2D eigenvalue weighted by atomic mass is 16.2. The van der Waals surface area contributed by atoms with E-state index in [2.05, 4.69) is 29.3 Å². The molecule has 4 nitrogen and oxygen atoms in total. The zero-order chi connectivity index (χ0) is 16.8. The van der Waals surface area contributed by atoms with Crippen molar-refractivity contribution in [2.24, 2.45) is 0 Å². The number of hydrogen-bond acceptors (Lipinski definition) is 3. The van der Waals surface area contributed by atoms with Crippen LogP contribution in [0.15, 0.2) is 60.7 Å². The summed E-state index contributed by atoms with van der Waals surface area (Å²) < 4.78 is 0. The maximum atomic E-state index is 13.0. The van der Waals surface area contributed by atoms with Crippen molar-refractivity contribution in [2.45, 2.75) is 19.5 Å². The number of carbonyl (C=O) groups excluding carboxylic acids is 1. The van der Waals surface area contributed by atoms with Gasteiger partial charge < -0.3 is 10.2 Å². The van der Waals surface area contributed by atoms with Crippen molar-refractivity contribution >= 4 is 11.6 Å². The Labute approximate surface area is 144 Å². The van der Waals surface area contributed by atoms with Crippen LogP contribution in [0.4, 0.5) is 5.69 Å². The predicted molar refractivity (Wildman–Crippen MR) is 98.0 cm³/mol. The molecule has 1 saturated heterocycles. The highest BCUT2D eigenvalue weighted by Gasteiger charge is 2.24. The van der Waals surface area contributed by atoms with Gasteiger partial charge in [-0.15, -0.1) is 0 Å². The number of benzene rings is 2. The van der Waals surface area contributed by atoms with Gasteiger partial charge in [-0.25, -0.2) is 0 Å². The van der Waals surface area contributed by atoms with Gasteiger partial charge in [-0.2, -0.15) is 0 Å². The first-order chi connectivity index (χ1) is 11.7. The summed E-state index contributed by atoms with van der Waals surface area (Å²) in [4.78, 5) is 17.2. The third-order valence-corrected chi connectivity index (χ3v) is 4.53. The van der Waals surface area contributed by atoms with E-state index in [4.69, 9.17) is 0 Å². The molecule has 1 atom stereocenters. The van der Waals surface area contributed by atoms with Gasteiger partial charge in [0.15, 0.2) is 0 Å². The summed E-state index contributed by atoms with van der Waals surface area (Å²) in [7, 11) is 0. The average molecular weight is 323 g/mol. The molecule has 0 spiro atoms. The van der Waals surface area contributed by atoms with Crippen molar-refractivity contribution in [1.82, 2.24) is 10.2 Å². The molecule has 1 heterocycles. The van der Waals surface area contributed by atoms with Crippen molar-refractivity contribution in [3.8, 4) is 0 Å². The van der Waals surface area contributed by atoms with E-state index < -0.39 is 0 Å². The fourth-order valence-electron chi connectivity index (χ4n) is 3.07. The molecule has 1 amide bonds. The van der Waals surface area contributed by atoms with E-state index in [1.807, 2.05) is 53.4 Å². The Morgan fingerprint density at radius 3 is 2.46 bits per heavy atom. The fourth-order valence-corrected chi connectivity index (χ4v) is 3.07. The molecule has 2 aromatic carbocycles. The fraction of sp³-hybridized carbons (Fsp3) is 0.350. The largest absolute Gasteiger partial charge is 0.314 e. The quantitative estimate of drug-likeness (QED) is 0.918. The second kappa shape index (κ2) is 8.08. The first-order valence-electron chi connectivity index (χ1n) is 8.58. The van der Waals surface area contributed by atoms with E-state index in [-0.39, 0.29) is 5.91 Å². The molecule has 0 aromatic heterocycles. The molecule has 1 aliphatic rings. The number of para-hydroxylation sites is 1. The van der Waals surface area contributed by atoms with E-state index in [0.29, 0.717) is 19.1 Å². The number of piperazine rings is 1. The maximum Gasteiger partial charge on any atom is 0.241 e. The van der Waals surface area contributed by atoms with Crippen molar-refractivity contribution in [3.63, 3.8) is 0 Å². The molecule has 0 bridgehead atoms. The molecule has 0 aliphatic carbocycles. The average Bonchev–Trinajstić information content (AvgIpc) is 2.63. The number of anilines is 1. The van der Waals surface area contributed by atoms with Crippen LogP contribution >= 0.6 is 0 Å². The number of carbonyl (C=O) groups is 1. The number of nitrogens with zero attached hydrogens (tertiary/aromatic N) is 2. The summed E-state index contributed by atoms with van der Waals surface area (Å²) in [6.07, 6.45) is 0. The van der Waals surface area contributed by atoms with Crippen molar-refractivity contribution in [2.75, 3.05) is 31.1 Å². The van der Waals surface area contributed by atoms with Crippen LogP contribution in [-0.2, 0) is 11.3 Å². The number of hydrogen-bond donors (Lipinski definition) is 1. The SMILES string of the molecule is C[C@@H]1CNCCN1CC(=O)N(Cc1ccccc1)c1ccccc1. The Bertz CT molecular complexity index is 644. The summed E-state index contributed by atoms with van der Waals surface area (Å²) >= 11 is 0. The normalized spacial score (nSPS) is 18.3. The molecular formula is C20H25N3O. The molecule has 0 unspecified atom stereocenters. The van der Waals surface area contributed by atoms with Crippen LogP contribution in [0.3, 0.4) is 0 Å². The molecule has 2 aromatic rings. The molecule has 1 fully saturated rings. The van der Waals surface area contributed by atoms with Crippen LogP contribution in [-0.4, -0.2) is 43.0 Å². The maximum absolute atomic E-state index is 13.0. The molecule has 1 N–H and O–H groups in total. The zero-order valence-corrected chi connectivity index (χ0v) is 14.2. The Balaban J connectivity index is 1.77. The number of amides is 1. The van der Waals surface area contributed by atoms with Crippen LogP contribution in [0.5, 0.6) is 0 Å². The van der Waals surface area contributed by atoms with E-state index in [9.17, 15) is 4.79 Å². The molecule has 126 valence electrons. The third-order valence-electron chi connectivity index (χ3n) is 4.53. The molecule has 3 rings (SSSR count). The highest BCUT2D eigenvalue weighted by Crippen LogP contribution is 2.18. The minimum absolute atomic E-state index is 0.152. The van der Waals surface area contributed by atoms with Crippen LogP contribution < -0.4 is 10.2 Å².